The maximum atomic E-state index is 12.8. The summed E-state index contributed by atoms with van der Waals surface area (Å²) >= 11 is 1.36. The van der Waals surface area contributed by atoms with Crippen LogP contribution in [0.2, 0.25) is 0 Å². The molecule has 0 aliphatic heterocycles. The lowest BCUT2D eigenvalue weighted by Gasteiger charge is -2.18. The Morgan fingerprint density at radius 1 is 1.11 bits per heavy atom. The number of halogens is 6. The van der Waals surface area contributed by atoms with E-state index < -0.39 is 41.7 Å². The number of aromatic nitrogens is 1. The number of rotatable bonds is 5. The van der Waals surface area contributed by atoms with Gasteiger partial charge in [0, 0.05) is 18.1 Å². The Labute approximate surface area is 154 Å². The van der Waals surface area contributed by atoms with Crippen LogP contribution in [0.1, 0.15) is 21.0 Å². The van der Waals surface area contributed by atoms with Crippen molar-refractivity contribution < 1.29 is 35.9 Å². The molecule has 148 valence electrons. The van der Waals surface area contributed by atoms with Gasteiger partial charge < -0.3 is 9.64 Å². The lowest BCUT2D eigenvalue weighted by Crippen LogP contribution is -2.30. The van der Waals surface area contributed by atoms with Crippen LogP contribution in [0.5, 0.6) is 5.75 Å². The molecule has 0 saturated carbocycles. The number of nitrogens with zero attached hydrogens (tertiary/aromatic N) is 2. The summed E-state index contributed by atoms with van der Waals surface area (Å²) in [5, 5.41) is 0.797. The monoisotopic (exact) mass is 412 g/mol. The molecular formula is C16H14F6N2O2S. The summed E-state index contributed by atoms with van der Waals surface area (Å²) in [7, 11) is 1.44. The lowest BCUT2D eigenvalue weighted by atomic mass is 10.1. The van der Waals surface area contributed by atoms with E-state index in [9.17, 15) is 31.1 Å². The van der Waals surface area contributed by atoms with Crippen LogP contribution in [-0.4, -0.2) is 29.4 Å². The molecule has 0 aliphatic rings. The largest absolute Gasteiger partial charge is 0.484 e. The minimum absolute atomic E-state index is 0.00701. The fourth-order valence-corrected chi connectivity index (χ4v) is 2.91. The molecule has 0 aliphatic carbocycles. The molecule has 11 heteroatoms. The maximum Gasteiger partial charge on any atom is 0.416 e. The highest BCUT2D eigenvalue weighted by Gasteiger charge is 2.37. The van der Waals surface area contributed by atoms with Crippen LogP contribution >= 0.6 is 11.3 Å². The quantitative estimate of drug-likeness (QED) is 0.678. The van der Waals surface area contributed by atoms with Gasteiger partial charge in [-0.15, -0.1) is 11.3 Å². The number of carbonyl (C=O) groups is 1. The van der Waals surface area contributed by atoms with Crippen LogP contribution in [0.25, 0.3) is 0 Å². The van der Waals surface area contributed by atoms with Crippen LogP contribution in [0.3, 0.4) is 0 Å². The Hall–Kier alpha value is -2.30. The molecule has 2 aromatic rings. The SMILES string of the molecule is Cc1ncc(CN(C)C(=O)COc2cc(C(F)(F)F)cc(C(F)(F)F)c2)s1. The molecule has 0 saturated heterocycles. The Bertz CT molecular complexity index is 784. The summed E-state index contributed by atoms with van der Waals surface area (Å²) in [5.41, 5.74) is -3.01. The topological polar surface area (TPSA) is 42.4 Å². The molecule has 0 N–H and O–H groups in total. The fraction of sp³-hybridized carbons (Fsp3) is 0.375. The molecule has 27 heavy (non-hydrogen) atoms. The first kappa shape index (κ1) is 21.0. The molecule has 0 bridgehead atoms. The van der Waals surface area contributed by atoms with E-state index in [1.165, 1.54) is 23.3 Å². The van der Waals surface area contributed by atoms with Crippen molar-refractivity contribution in [3.05, 3.63) is 45.4 Å². The van der Waals surface area contributed by atoms with E-state index in [1.54, 1.807) is 13.1 Å². The van der Waals surface area contributed by atoms with E-state index >= 15 is 0 Å². The predicted molar refractivity (Wildman–Crippen MR) is 85.3 cm³/mol. The molecule has 1 amide bonds. The molecular weight excluding hydrogens is 398 g/mol. The van der Waals surface area contributed by atoms with Crippen LogP contribution in [0.4, 0.5) is 26.3 Å². The number of alkyl halides is 6. The number of benzene rings is 1. The Kier molecular flexibility index (Phi) is 6.03. The maximum absolute atomic E-state index is 12.8. The number of thiazole rings is 1. The molecule has 0 radical (unpaired) electrons. The normalized spacial score (nSPS) is 12.1. The van der Waals surface area contributed by atoms with Gasteiger partial charge in [-0.2, -0.15) is 26.3 Å². The van der Waals surface area contributed by atoms with Crippen molar-refractivity contribution in [2.24, 2.45) is 0 Å². The first-order valence-electron chi connectivity index (χ1n) is 7.44. The van der Waals surface area contributed by atoms with Crippen molar-refractivity contribution in [2.75, 3.05) is 13.7 Å². The van der Waals surface area contributed by atoms with E-state index in [4.69, 9.17) is 4.74 Å². The number of carbonyl (C=O) groups excluding carboxylic acids is 1. The number of ether oxygens (including phenoxy) is 1. The van der Waals surface area contributed by atoms with Gasteiger partial charge >= 0.3 is 12.4 Å². The van der Waals surface area contributed by atoms with Crippen molar-refractivity contribution in [3.63, 3.8) is 0 Å². The zero-order valence-corrected chi connectivity index (χ0v) is 14.9. The molecule has 1 heterocycles. The predicted octanol–water partition coefficient (Wildman–Crippen LogP) is 4.53. The van der Waals surface area contributed by atoms with Gasteiger partial charge in [0.25, 0.3) is 5.91 Å². The Morgan fingerprint density at radius 2 is 1.67 bits per heavy atom. The van der Waals surface area contributed by atoms with E-state index in [-0.39, 0.29) is 12.6 Å². The molecule has 1 aromatic carbocycles. The highest BCUT2D eigenvalue weighted by molar-refractivity contribution is 7.11. The van der Waals surface area contributed by atoms with Crippen molar-refractivity contribution in [2.45, 2.75) is 25.8 Å². The fourth-order valence-electron chi connectivity index (χ4n) is 2.07. The van der Waals surface area contributed by atoms with E-state index in [1.807, 2.05) is 0 Å². The second kappa shape index (κ2) is 7.75. The summed E-state index contributed by atoms with van der Waals surface area (Å²) in [4.78, 5) is 18.1. The van der Waals surface area contributed by atoms with Gasteiger partial charge in [0.2, 0.25) is 0 Å². The smallest absolute Gasteiger partial charge is 0.416 e. The van der Waals surface area contributed by atoms with Crippen molar-refractivity contribution in [1.82, 2.24) is 9.88 Å². The summed E-state index contributed by atoms with van der Waals surface area (Å²) < 4.78 is 81.7. The number of hydrogen-bond acceptors (Lipinski definition) is 4. The van der Waals surface area contributed by atoms with Crippen molar-refractivity contribution in [1.29, 1.82) is 0 Å². The first-order valence-corrected chi connectivity index (χ1v) is 8.25. The highest BCUT2D eigenvalue weighted by atomic mass is 32.1. The zero-order valence-electron chi connectivity index (χ0n) is 14.1. The molecule has 0 fully saturated rings. The van der Waals surface area contributed by atoms with Gasteiger partial charge in [0.1, 0.15) is 5.75 Å². The third-order valence-corrected chi connectivity index (χ3v) is 4.31. The summed E-state index contributed by atoms with van der Waals surface area (Å²) in [6, 6.07) is 0.844. The van der Waals surface area contributed by atoms with E-state index in [0.29, 0.717) is 12.1 Å². The Morgan fingerprint density at radius 3 is 2.11 bits per heavy atom. The van der Waals surface area contributed by atoms with Crippen LogP contribution in [0, 0.1) is 6.92 Å². The third kappa shape index (κ3) is 5.84. The summed E-state index contributed by atoms with van der Waals surface area (Å²) in [6.45, 7) is 1.28. The molecule has 0 unspecified atom stereocenters. The first-order chi connectivity index (χ1) is 12.4. The van der Waals surface area contributed by atoms with Gasteiger partial charge in [-0.05, 0) is 25.1 Å². The molecule has 0 atom stereocenters. The minimum Gasteiger partial charge on any atom is -0.484 e. The van der Waals surface area contributed by atoms with Gasteiger partial charge in [-0.25, -0.2) is 4.98 Å². The number of likely N-dealkylation sites (N-methyl/N-ethyl adjacent to an activating group) is 1. The van der Waals surface area contributed by atoms with Gasteiger partial charge in [0.15, 0.2) is 6.61 Å². The molecule has 4 nitrogen and oxygen atoms in total. The Balaban J connectivity index is 2.10. The molecule has 1 aromatic heterocycles. The third-order valence-electron chi connectivity index (χ3n) is 3.41. The van der Waals surface area contributed by atoms with Gasteiger partial charge in [-0.3, -0.25) is 4.79 Å². The zero-order chi connectivity index (χ0) is 20.4. The molecule has 0 spiro atoms. The van der Waals surface area contributed by atoms with Crippen LogP contribution in [0.15, 0.2) is 24.4 Å². The second-order valence-corrected chi connectivity index (χ2v) is 6.94. The van der Waals surface area contributed by atoms with Crippen molar-refractivity contribution >= 4 is 17.2 Å². The van der Waals surface area contributed by atoms with Crippen molar-refractivity contribution in [3.8, 4) is 5.75 Å². The summed E-state index contributed by atoms with van der Waals surface area (Å²) in [6.07, 6.45) is -8.39. The van der Waals surface area contributed by atoms with Crippen LogP contribution in [-0.2, 0) is 23.7 Å². The highest BCUT2D eigenvalue weighted by Crippen LogP contribution is 2.38. The van der Waals surface area contributed by atoms with Gasteiger partial charge in [-0.1, -0.05) is 0 Å². The number of amides is 1. The number of hydrogen-bond donors (Lipinski definition) is 0. The van der Waals surface area contributed by atoms with E-state index in [0.717, 1.165) is 9.88 Å². The lowest BCUT2D eigenvalue weighted by molar-refractivity contribution is -0.143. The average molecular weight is 412 g/mol. The second-order valence-electron chi connectivity index (χ2n) is 5.63. The van der Waals surface area contributed by atoms with Crippen LogP contribution < -0.4 is 4.74 Å². The summed E-state index contributed by atoms with van der Waals surface area (Å²) in [5.74, 6) is -1.29. The minimum atomic E-state index is -4.98. The molecule has 2 rings (SSSR count). The average Bonchev–Trinajstić information content (AvgIpc) is 2.95. The standard InChI is InChI=1S/C16H14F6N2O2S/c1-9-23-6-13(27-9)7-24(2)14(25)8-26-12-4-10(15(17,18)19)3-11(5-12)16(20,21)22/h3-6H,7-8H2,1-2H3. The number of aryl methyl sites for hydroxylation is 1. The van der Waals surface area contributed by atoms with E-state index in [2.05, 4.69) is 4.98 Å². The van der Waals surface area contributed by atoms with Gasteiger partial charge in [0.05, 0.1) is 22.7 Å².